The average Bonchev–Trinajstić information content (AvgIpc) is 2.68. The number of ether oxygens (including phenoxy) is 2. The van der Waals surface area contributed by atoms with Gasteiger partial charge in [-0.2, -0.15) is 0 Å². The summed E-state index contributed by atoms with van der Waals surface area (Å²) in [4.78, 5) is 16.0. The topological polar surface area (TPSA) is 50.8 Å². The van der Waals surface area contributed by atoms with Crippen LogP contribution in [-0.2, 0) is 19.7 Å². The van der Waals surface area contributed by atoms with Gasteiger partial charge in [-0.15, -0.1) is 0 Å². The molecule has 0 radical (unpaired) electrons. The zero-order valence-corrected chi connectivity index (χ0v) is 17.9. The van der Waals surface area contributed by atoms with E-state index in [0.29, 0.717) is 31.7 Å². The molecule has 5 heteroatoms. The van der Waals surface area contributed by atoms with Crippen molar-refractivity contribution in [1.82, 2.24) is 10.2 Å². The minimum Gasteiger partial charge on any atom is -0.381 e. The van der Waals surface area contributed by atoms with Gasteiger partial charge in [0.2, 0.25) is 5.91 Å². The molecule has 2 heterocycles. The SMILES string of the molecule is Cc1cc(C)cc(C2(C(=O)NC[C@H](C(C)C)N3CCOCC3)CCOCC2)c1. The van der Waals surface area contributed by atoms with E-state index in [1.807, 2.05) is 0 Å². The van der Waals surface area contributed by atoms with Gasteiger partial charge in [-0.3, -0.25) is 9.69 Å². The molecular formula is C23H36N2O3. The monoisotopic (exact) mass is 388 g/mol. The number of hydrogen-bond donors (Lipinski definition) is 1. The van der Waals surface area contributed by atoms with Crippen LogP contribution in [0.1, 0.15) is 43.4 Å². The molecule has 2 aliphatic rings. The Kier molecular flexibility index (Phi) is 7.13. The molecule has 0 aromatic heterocycles. The lowest BCUT2D eigenvalue weighted by Gasteiger charge is -2.40. The molecule has 2 aliphatic heterocycles. The Morgan fingerprint density at radius 1 is 1.04 bits per heavy atom. The minimum atomic E-state index is -0.485. The van der Waals surface area contributed by atoms with Crippen LogP contribution in [-0.4, -0.2) is 62.9 Å². The predicted octanol–water partition coefficient (Wildman–Crippen LogP) is 2.82. The van der Waals surface area contributed by atoms with Gasteiger partial charge in [-0.1, -0.05) is 43.2 Å². The summed E-state index contributed by atoms with van der Waals surface area (Å²) in [5.41, 5.74) is 3.07. The summed E-state index contributed by atoms with van der Waals surface area (Å²) < 4.78 is 11.1. The fourth-order valence-corrected chi connectivity index (χ4v) is 4.68. The molecule has 1 amide bonds. The van der Waals surface area contributed by atoms with E-state index in [1.54, 1.807) is 0 Å². The van der Waals surface area contributed by atoms with Crippen LogP contribution in [0.25, 0.3) is 0 Å². The summed E-state index contributed by atoms with van der Waals surface area (Å²) in [6.45, 7) is 14.1. The third-order valence-electron chi connectivity index (χ3n) is 6.31. The van der Waals surface area contributed by atoms with Gasteiger partial charge < -0.3 is 14.8 Å². The van der Waals surface area contributed by atoms with Crippen molar-refractivity contribution >= 4 is 5.91 Å². The molecule has 156 valence electrons. The van der Waals surface area contributed by atoms with Crippen molar-refractivity contribution in [3.8, 4) is 0 Å². The van der Waals surface area contributed by atoms with Crippen LogP contribution in [0.5, 0.6) is 0 Å². The Balaban J connectivity index is 1.77. The lowest BCUT2D eigenvalue weighted by Crippen LogP contribution is -2.54. The van der Waals surface area contributed by atoms with E-state index >= 15 is 0 Å². The zero-order valence-electron chi connectivity index (χ0n) is 17.9. The Labute approximate surface area is 169 Å². The molecule has 0 saturated carbocycles. The summed E-state index contributed by atoms with van der Waals surface area (Å²) in [6, 6.07) is 6.87. The summed E-state index contributed by atoms with van der Waals surface area (Å²) in [6.07, 6.45) is 1.48. The van der Waals surface area contributed by atoms with Crippen molar-refractivity contribution in [2.24, 2.45) is 5.92 Å². The number of amides is 1. The molecule has 0 aliphatic carbocycles. The smallest absolute Gasteiger partial charge is 0.230 e. The Morgan fingerprint density at radius 3 is 2.18 bits per heavy atom. The van der Waals surface area contributed by atoms with E-state index in [1.165, 1.54) is 11.1 Å². The summed E-state index contributed by atoms with van der Waals surface area (Å²) >= 11 is 0. The van der Waals surface area contributed by atoms with Gasteiger partial charge in [-0.25, -0.2) is 0 Å². The van der Waals surface area contributed by atoms with Crippen LogP contribution < -0.4 is 5.32 Å². The van der Waals surface area contributed by atoms with Crippen molar-refractivity contribution < 1.29 is 14.3 Å². The maximum absolute atomic E-state index is 13.5. The van der Waals surface area contributed by atoms with Crippen LogP contribution in [0, 0.1) is 19.8 Å². The molecule has 1 atom stereocenters. The molecule has 0 bridgehead atoms. The number of nitrogens with zero attached hydrogens (tertiary/aromatic N) is 1. The fraction of sp³-hybridized carbons (Fsp3) is 0.696. The first-order valence-corrected chi connectivity index (χ1v) is 10.7. The molecule has 2 fully saturated rings. The maximum Gasteiger partial charge on any atom is 0.230 e. The lowest BCUT2D eigenvalue weighted by molar-refractivity contribution is -0.131. The molecule has 0 unspecified atom stereocenters. The average molecular weight is 389 g/mol. The van der Waals surface area contributed by atoms with Crippen LogP contribution in [0.2, 0.25) is 0 Å². The summed E-state index contributed by atoms with van der Waals surface area (Å²) in [5, 5.41) is 3.33. The number of benzene rings is 1. The third kappa shape index (κ3) is 4.76. The van der Waals surface area contributed by atoms with Crippen molar-refractivity contribution in [1.29, 1.82) is 0 Å². The number of carbonyl (C=O) groups excluding carboxylic acids is 1. The normalized spacial score (nSPS) is 21.5. The number of aryl methyl sites for hydroxylation is 2. The predicted molar refractivity (Wildman–Crippen MR) is 112 cm³/mol. The molecule has 1 aromatic carbocycles. The van der Waals surface area contributed by atoms with Crippen LogP contribution in [0.15, 0.2) is 18.2 Å². The number of morpholine rings is 1. The molecule has 5 nitrogen and oxygen atoms in total. The highest BCUT2D eigenvalue weighted by molar-refractivity contribution is 5.88. The van der Waals surface area contributed by atoms with Crippen molar-refractivity contribution in [2.75, 3.05) is 46.1 Å². The van der Waals surface area contributed by atoms with Gasteiger partial charge in [0.15, 0.2) is 0 Å². The lowest BCUT2D eigenvalue weighted by atomic mass is 9.72. The third-order valence-corrected chi connectivity index (χ3v) is 6.31. The highest BCUT2D eigenvalue weighted by atomic mass is 16.5. The number of carbonyl (C=O) groups is 1. The van der Waals surface area contributed by atoms with E-state index < -0.39 is 5.41 Å². The summed E-state index contributed by atoms with van der Waals surface area (Å²) in [7, 11) is 0. The second-order valence-corrected chi connectivity index (χ2v) is 8.74. The van der Waals surface area contributed by atoms with E-state index in [0.717, 1.165) is 44.7 Å². The van der Waals surface area contributed by atoms with E-state index in [4.69, 9.17) is 9.47 Å². The second-order valence-electron chi connectivity index (χ2n) is 8.74. The van der Waals surface area contributed by atoms with Gasteiger partial charge >= 0.3 is 0 Å². The first-order chi connectivity index (χ1) is 13.4. The zero-order chi connectivity index (χ0) is 20.1. The highest BCUT2D eigenvalue weighted by Gasteiger charge is 2.42. The van der Waals surface area contributed by atoms with Gasteiger partial charge in [0.25, 0.3) is 0 Å². The number of rotatable bonds is 6. The highest BCUT2D eigenvalue weighted by Crippen LogP contribution is 2.36. The van der Waals surface area contributed by atoms with E-state index in [9.17, 15) is 4.79 Å². The van der Waals surface area contributed by atoms with E-state index in [2.05, 4.69) is 56.1 Å². The molecule has 2 saturated heterocycles. The quantitative estimate of drug-likeness (QED) is 0.814. The minimum absolute atomic E-state index is 0.153. The molecule has 28 heavy (non-hydrogen) atoms. The van der Waals surface area contributed by atoms with Crippen LogP contribution in [0.3, 0.4) is 0 Å². The molecule has 3 rings (SSSR count). The Bertz CT molecular complexity index is 642. The van der Waals surface area contributed by atoms with Gasteiger partial charge in [-0.05, 0) is 38.2 Å². The first-order valence-electron chi connectivity index (χ1n) is 10.7. The molecular weight excluding hydrogens is 352 g/mol. The molecule has 1 aromatic rings. The Hall–Kier alpha value is -1.43. The number of hydrogen-bond acceptors (Lipinski definition) is 4. The summed E-state index contributed by atoms with van der Waals surface area (Å²) in [5.74, 6) is 0.630. The van der Waals surface area contributed by atoms with Crippen molar-refractivity contribution in [2.45, 2.75) is 52.0 Å². The second kappa shape index (κ2) is 9.38. The maximum atomic E-state index is 13.5. The van der Waals surface area contributed by atoms with Gasteiger partial charge in [0.1, 0.15) is 0 Å². The van der Waals surface area contributed by atoms with Gasteiger partial charge in [0.05, 0.1) is 18.6 Å². The van der Waals surface area contributed by atoms with Crippen molar-refractivity contribution in [3.63, 3.8) is 0 Å². The first kappa shape index (κ1) is 21.3. The van der Waals surface area contributed by atoms with Crippen molar-refractivity contribution in [3.05, 3.63) is 34.9 Å². The molecule has 1 N–H and O–H groups in total. The van der Waals surface area contributed by atoms with Crippen LogP contribution >= 0.6 is 0 Å². The number of nitrogens with one attached hydrogen (secondary N) is 1. The standard InChI is InChI=1S/C23H36N2O3/c1-17(2)21(25-7-11-28-12-8-25)16-24-22(26)23(5-9-27-10-6-23)20-14-18(3)13-19(4)15-20/h13-15,17,21H,5-12,16H2,1-4H3,(H,24,26)/t21-/m1/s1. The fourth-order valence-electron chi connectivity index (χ4n) is 4.68. The van der Waals surface area contributed by atoms with E-state index in [-0.39, 0.29) is 5.91 Å². The van der Waals surface area contributed by atoms with Gasteiger partial charge in [0, 0.05) is 38.9 Å². The largest absolute Gasteiger partial charge is 0.381 e. The Morgan fingerprint density at radius 2 is 1.61 bits per heavy atom. The van der Waals surface area contributed by atoms with Crippen LogP contribution in [0.4, 0.5) is 0 Å². The molecule has 0 spiro atoms.